The van der Waals surface area contributed by atoms with Crippen molar-refractivity contribution in [3.63, 3.8) is 0 Å². The minimum absolute atomic E-state index is 0.0755. The average molecular weight is 601 g/mol. The van der Waals surface area contributed by atoms with Crippen LogP contribution in [0.1, 0.15) is 11.3 Å². The minimum atomic E-state index is -0.700. The molecule has 5 aromatic heterocycles. The smallest absolute Gasteiger partial charge is 0.262 e. The Morgan fingerprint density at radius 2 is 1.79 bits per heavy atom. The van der Waals surface area contributed by atoms with Crippen molar-refractivity contribution in [2.24, 2.45) is 14.1 Å². The summed E-state index contributed by atoms with van der Waals surface area (Å²) in [6.45, 7) is 2.72. The van der Waals surface area contributed by atoms with Crippen LogP contribution in [0.2, 0.25) is 0 Å². The Bertz CT molecular complexity index is 2010. The van der Waals surface area contributed by atoms with Gasteiger partial charge in [-0.05, 0) is 42.9 Å². The van der Waals surface area contributed by atoms with Gasteiger partial charge >= 0.3 is 0 Å². The molecule has 43 heavy (non-hydrogen) atoms. The number of ether oxygens (including phenoxy) is 1. The molecule has 11 heteroatoms. The van der Waals surface area contributed by atoms with Gasteiger partial charge in [-0.2, -0.15) is 5.10 Å². The third-order valence-electron chi connectivity index (χ3n) is 7.64. The fourth-order valence-corrected chi connectivity index (χ4v) is 5.99. The summed E-state index contributed by atoms with van der Waals surface area (Å²) in [6.07, 6.45) is 12.4. The van der Waals surface area contributed by atoms with Crippen LogP contribution in [0, 0.1) is 6.92 Å². The van der Waals surface area contributed by atoms with Gasteiger partial charge in [-0.15, -0.1) is 0 Å². The summed E-state index contributed by atoms with van der Waals surface area (Å²) in [5.41, 5.74) is 6.47. The molecule has 1 aromatic carbocycles. The second-order valence-electron chi connectivity index (χ2n) is 11.8. The van der Waals surface area contributed by atoms with Gasteiger partial charge in [0, 0.05) is 54.0 Å². The second kappa shape index (κ2) is 11.1. The monoisotopic (exact) mass is 600 g/mol. The first kappa shape index (κ1) is 28.9. The predicted molar refractivity (Wildman–Crippen MR) is 172 cm³/mol. The van der Waals surface area contributed by atoms with E-state index in [9.17, 15) is 9.90 Å². The van der Waals surface area contributed by atoms with Crippen molar-refractivity contribution < 1.29 is 14.4 Å². The van der Waals surface area contributed by atoms with Crippen molar-refractivity contribution in [1.29, 1.82) is 0 Å². The molecule has 0 aliphatic rings. The first-order valence-electron chi connectivity index (χ1n) is 14.0. The summed E-state index contributed by atoms with van der Waals surface area (Å²) in [5, 5.41) is 19.9. The van der Waals surface area contributed by atoms with E-state index in [1.165, 1.54) is 0 Å². The third-order valence-corrected chi connectivity index (χ3v) is 9.03. The van der Waals surface area contributed by atoms with Crippen molar-refractivity contribution >= 4 is 32.0 Å². The Hall–Kier alpha value is -4.19. The summed E-state index contributed by atoms with van der Waals surface area (Å²) in [5.74, 6) is 1.40. The molecule has 0 radical (unpaired) electrons. The molecule has 1 N–H and O–H groups in total. The number of aryl methyl sites for hydroxylation is 3. The number of aliphatic hydroxyl groups excluding tert-OH is 1. The summed E-state index contributed by atoms with van der Waals surface area (Å²) in [6, 6.07) is 11.5. The molecule has 0 aliphatic heterocycles. The van der Waals surface area contributed by atoms with E-state index in [2.05, 4.69) is 39.7 Å². The lowest BCUT2D eigenvalue weighted by Gasteiger charge is -2.24. The molecule has 0 saturated carbocycles. The Kier molecular flexibility index (Phi) is 7.49. The SMILES string of the molecule is Cc1cc(-c2c(-c3ccc(CO)cc3)c3c4cc(-c5cnn(C)c5)n(COCCS(C)(C)C)c4ncc3n(C)c2=O)on1. The molecule has 5 heterocycles. The molecule has 0 saturated heterocycles. The predicted octanol–water partition coefficient (Wildman–Crippen LogP) is 5.08. The Morgan fingerprint density at radius 3 is 2.42 bits per heavy atom. The van der Waals surface area contributed by atoms with Crippen LogP contribution in [-0.2, 0) is 32.2 Å². The quantitative estimate of drug-likeness (QED) is 0.230. The Labute approximate surface area is 250 Å². The first-order chi connectivity index (χ1) is 20.6. The maximum absolute atomic E-state index is 14.0. The summed E-state index contributed by atoms with van der Waals surface area (Å²) >= 11 is 0. The molecule has 0 fully saturated rings. The largest absolute Gasteiger partial charge is 0.392 e. The van der Waals surface area contributed by atoms with Crippen molar-refractivity contribution in [2.75, 3.05) is 31.1 Å². The molecule has 6 aromatic rings. The summed E-state index contributed by atoms with van der Waals surface area (Å²) < 4.78 is 17.4. The molecule has 0 atom stereocenters. The lowest BCUT2D eigenvalue weighted by atomic mass is 9.93. The van der Waals surface area contributed by atoms with Gasteiger partial charge in [0.15, 0.2) is 5.76 Å². The average Bonchev–Trinajstić information content (AvgIpc) is 3.70. The maximum atomic E-state index is 14.0. The van der Waals surface area contributed by atoms with Crippen molar-refractivity contribution in [1.82, 2.24) is 29.1 Å². The highest BCUT2D eigenvalue weighted by molar-refractivity contribution is 8.32. The van der Waals surface area contributed by atoms with Crippen LogP contribution in [0.25, 0.3) is 55.6 Å². The number of hydrogen-bond donors (Lipinski definition) is 1. The molecule has 224 valence electrons. The Balaban J connectivity index is 1.68. The third kappa shape index (κ3) is 5.39. The number of hydrogen-bond acceptors (Lipinski definition) is 7. The molecule has 0 aliphatic carbocycles. The van der Waals surface area contributed by atoms with Crippen molar-refractivity contribution in [3.05, 3.63) is 76.6 Å². The Morgan fingerprint density at radius 1 is 1.02 bits per heavy atom. The normalized spacial score (nSPS) is 12.5. The van der Waals surface area contributed by atoms with Gasteiger partial charge in [-0.1, -0.05) is 29.4 Å². The molecule has 0 bridgehead atoms. The van der Waals surface area contributed by atoms with Gasteiger partial charge in [0.25, 0.3) is 5.56 Å². The maximum Gasteiger partial charge on any atom is 0.262 e. The van der Waals surface area contributed by atoms with Crippen molar-refractivity contribution in [3.8, 4) is 33.7 Å². The van der Waals surface area contributed by atoms with Gasteiger partial charge in [0.2, 0.25) is 0 Å². The van der Waals surface area contributed by atoms with Gasteiger partial charge in [-0.3, -0.25) is 9.48 Å². The van der Waals surface area contributed by atoms with E-state index < -0.39 is 10.0 Å². The molecule has 0 amide bonds. The first-order valence-corrected chi connectivity index (χ1v) is 17.0. The van der Waals surface area contributed by atoms with Crippen molar-refractivity contribution in [2.45, 2.75) is 20.3 Å². The van der Waals surface area contributed by atoms with E-state index in [1.54, 1.807) is 28.6 Å². The molecular formula is C32H36N6O4S. The molecule has 6 rings (SSSR count). The van der Waals surface area contributed by atoms with Crippen LogP contribution in [0.15, 0.2) is 64.3 Å². The fraction of sp³-hybridized carbons (Fsp3) is 0.312. The molecule has 0 spiro atoms. The van der Waals surface area contributed by atoms with Gasteiger partial charge < -0.3 is 23.5 Å². The zero-order chi connectivity index (χ0) is 30.5. The highest BCUT2D eigenvalue weighted by Crippen LogP contribution is 2.41. The van der Waals surface area contributed by atoms with Crippen LogP contribution in [0.3, 0.4) is 0 Å². The highest BCUT2D eigenvalue weighted by atomic mass is 32.3. The van der Waals surface area contributed by atoms with Gasteiger partial charge in [-0.25, -0.2) is 15.0 Å². The standard InChI is InChI=1S/C32H36N6O4S/c1-20-13-27(42-35-20)30-28(22-9-7-21(18-39)8-10-22)29-24-14-25(23-15-34-36(2)17-23)38(19-41-11-12-43(4,5)6)31(24)33-16-26(29)37(3)32(30)40/h7-10,13-17,39H,11-12,18-19H2,1-6H3. The lowest BCUT2D eigenvalue weighted by molar-refractivity contribution is 0.0934. The lowest BCUT2D eigenvalue weighted by Crippen LogP contribution is -2.20. The number of aromatic nitrogens is 6. The van der Waals surface area contributed by atoms with E-state index in [0.717, 1.165) is 50.1 Å². The van der Waals surface area contributed by atoms with E-state index in [0.29, 0.717) is 35.9 Å². The molecular weight excluding hydrogens is 564 g/mol. The number of fused-ring (bicyclic) bond motifs is 3. The zero-order valence-electron chi connectivity index (χ0n) is 25.3. The van der Waals surface area contributed by atoms with Crippen LogP contribution in [0.4, 0.5) is 0 Å². The second-order valence-corrected chi connectivity index (χ2v) is 16.3. The number of rotatable bonds is 9. The van der Waals surface area contributed by atoms with E-state index in [1.807, 2.05) is 50.6 Å². The van der Waals surface area contributed by atoms with Crippen LogP contribution < -0.4 is 5.56 Å². The number of benzene rings is 1. The highest BCUT2D eigenvalue weighted by Gasteiger charge is 2.25. The van der Waals surface area contributed by atoms with Crippen LogP contribution >= 0.6 is 10.0 Å². The van der Waals surface area contributed by atoms with Gasteiger partial charge in [0.1, 0.15) is 12.4 Å². The number of nitrogens with zero attached hydrogens (tertiary/aromatic N) is 6. The summed E-state index contributed by atoms with van der Waals surface area (Å²) in [4.78, 5) is 18.9. The van der Waals surface area contributed by atoms with Gasteiger partial charge in [0.05, 0.1) is 48.1 Å². The van der Waals surface area contributed by atoms with E-state index >= 15 is 0 Å². The fourth-order valence-electron chi connectivity index (χ4n) is 5.38. The van der Waals surface area contributed by atoms with Crippen LogP contribution in [-0.4, -0.2) is 65.3 Å². The molecule has 0 unspecified atom stereocenters. The topological polar surface area (TPSA) is 113 Å². The summed E-state index contributed by atoms with van der Waals surface area (Å²) in [7, 11) is 2.94. The van der Waals surface area contributed by atoms with E-state index in [4.69, 9.17) is 14.2 Å². The number of pyridine rings is 2. The number of aliphatic hydroxyl groups is 1. The van der Waals surface area contributed by atoms with Crippen LogP contribution in [0.5, 0.6) is 0 Å². The molecule has 10 nitrogen and oxygen atoms in total. The van der Waals surface area contributed by atoms with E-state index in [-0.39, 0.29) is 12.2 Å². The minimum Gasteiger partial charge on any atom is -0.392 e. The zero-order valence-corrected chi connectivity index (χ0v) is 26.1.